The van der Waals surface area contributed by atoms with Gasteiger partial charge in [0.15, 0.2) is 6.10 Å². The third-order valence-corrected chi connectivity index (χ3v) is 13.1. The van der Waals surface area contributed by atoms with Crippen LogP contribution in [0.2, 0.25) is 0 Å². The molecule has 1 atom stereocenters. The summed E-state index contributed by atoms with van der Waals surface area (Å²) in [6.45, 7) is 6.47. The first-order valence-corrected chi connectivity index (χ1v) is 30.7. The summed E-state index contributed by atoms with van der Waals surface area (Å²) in [7, 11) is 0. The van der Waals surface area contributed by atoms with Gasteiger partial charge < -0.3 is 14.2 Å². The Balaban J connectivity index is 4.15. The van der Waals surface area contributed by atoms with Crippen LogP contribution in [0.5, 0.6) is 0 Å². The highest BCUT2D eigenvalue weighted by molar-refractivity contribution is 5.71. The summed E-state index contributed by atoms with van der Waals surface area (Å²) in [6, 6.07) is 0. The third kappa shape index (κ3) is 59.1. The van der Waals surface area contributed by atoms with E-state index in [-0.39, 0.29) is 31.1 Å². The van der Waals surface area contributed by atoms with E-state index in [0.29, 0.717) is 19.3 Å². The zero-order chi connectivity index (χ0) is 52.9. The molecular formula is C67H114O6. The highest BCUT2D eigenvalue weighted by Gasteiger charge is 2.19. The van der Waals surface area contributed by atoms with E-state index < -0.39 is 6.10 Å². The number of rotatable bonds is 55. The van der Waals surface area contributed by atoms with Crippen LogP contribution in [0, 0.1) is 0 Å². The van der Waals surface area contributed by atoms with Crippen LogP contribution in [-0.2, 0) is 28.6 Å². The van der Waals surface area contributed by atoms with E-state index >= 15 is 0 Å². The second kappa shape index (κ2) is 60.9. The van der Waals surface area contributed by atoms with E-state index in [4.69, 9.17) is 14.2 Å². The van der Waals surface area contributed by atoms with E-state index in [9.17, 15) is 14.4 Å². The standard InChI is InChI=1S/C67H114O6/c1-4-7-10-13-16-18-20-22-24-26-28-29-30-31-32-33-34-35-36-37-39-40-42-44-46-48-51-54-57-60-66(69)72-63-64(62-71-65(68)59-56-53-50-15-12-9-6-3)73-67(70)61-58-55-52-49-47-45-43-41-38-27-25-23-21-19-17-14-11-8-5-2/h7,10,16-19,22-25,28-29,31-32,34-35,64H,4-6,8-9,11-15,20-21,26-27,30,33,36-63H2,1-3H3/b10-7-,18-16-,19-17-,24-22-,25-23-,29-28-,32-31-,35-34-. The summed E-state index contributed by atoms with van der Waals surface area (Å²) in [5, 5.41) is 0. The van der Waals surface area contributed by atoms with Crippen molar-refractivity contribution < 1.29 is 28.6 Å². The first kappa shape index (κ1) is 69.3. The SMILES string of the molecule is CC/C=C\C/C=C\C/C=C\C/C=C\C/C=C\C/C=C\CCCCCCCCCCCCC(=O)OCC(COC(=O)CCCCCCCCC)OC(=O)CCCCCCCCCCC/C=C\C/C=C\CCCCC. The van der Waals surface area contributed by atoms with Gasteiger partial charge in [0, 0.05) is 19.3 Å². The molecule has 0 bridgehead atoms. The summed E-state index contributed by atoms with van der Waals surface area (Å²) in [5.74, 6) is -0.888. The zero-order valence-corrected chi connectivity index (χ0v) is 47.9. The van der Waals surface area contributed by atoms with E-state index in [1.807, 2.05) is 0 Å². The molecule has 6 nitrogen and oxygen atoms in total. The summed E-state index contributed by atoms with van der Waals surface area (Å²) in [6.07, 6.45) is 81.4. The lowest BCUT2D eigenvalue weighted by Crippen LogP contribution is -2.30. The minimum atomic E-state index is -0.779. The van der Waals surface area contributed by atoms with E-state index in [1.54, 1.807) is 0 Å². The summed E-state index contributed by atoms with van der Waals surface area (Å²) >= 11 is 0. The molecule has 0 saturated carbocycles. The lowest BCUT2D eigenvalue weighted by atomic mass is 10.1. The largest absolute Gasteiger partial charge is 0.462 e. The van der Waals surface area contributed by atoms with Gasteiger partial charge in [-0.3, -0.25) is 14.4 Å². The predicted molar refractivity (Wildman–Crippen MR) is 316 cm³/mol. The topological polar surface area (TPSA) is 78.9 Å². The third-order valence-electron chi connectivity index (χ3n) is 13.1. The number of hydrogen-bond donors (Lipinski definition) is 0. The average molecular weight is 1020 g/mol. The summed E-state index contributed by atoms with van der Waals surface area (Å²) < 4.78 is 16.8. The molecule has 418 valence electrons. The van der Waals surface area contributed by atoms with Gasteiger partial charge in [-0.15, -0.1) is 0 Å². The monoisotopic (exact) mass is 1010 g/mol. The van der Waals surface area contributed by atoms with Crippen LogP contribution in [-0.4, -0.2) is 37.2 Å². The summed E-state index contributed by atoms with van der Waals surface area (Å²) in [5.41, 5.74) is 0. The molecule has 0 spiro atoms. The molecule has 0 heterocycles. The summed E-state index contributed by atoms with van der Waals surface area (Å²) in [4.78, 5) is 38.0. The molecule has 1 unspecified atom stereocenters. The molecular weight excluding hydrogens is 901 g/mol. The Morgan fingerprint density at radius 2 is 0.534 bits per heavy atom. The molecule has 0 aliphatic carbocycles. The first-order chi connectivity index (χ1) is 36.0. The number of carbonyl (C=O) groups excluding carboxylic acids is 3. The molecule has 0 aliphatic rings. The Morgan fingerprint density at radius 1 is 0.288 bits per heavy atom. The maximum Gasteiger partial charge on any atom is 0.306 e. The number of esters is 3. The molecule has 0 fully saturated rings. The molecule has 0 amide bonds. The maximum atomic E-state index is 12.8. The Morgan fingerprint density at radius 3 is 0.863 bits per heavy atom. The van der Waals surface area contributed by atoms with Crippen molar-refractivity contribution in [1.29, 1.82) is 0 Å². The van der Waals surface area contributed by atoms with Gasteiger partial charge in [-0.05, 0) is 103 Å². The molecule has 6 heteroatoms. The van der Waals surface area contributed by atoms with Gasteiger partial charge in [0.05, 0.1) is 0 Å². The van der Waals surface area contributed by atoms with Gasteiger partial charge in [-0.25, -0.2) is 0 Å². The Bertz CT molecular complexity index is 1440. The van der Waals surface area contributed by atoms with E-state index in [1.165, 1.54) is 148 Å². The van der Waals surface area contributed by atoms with Crippen LogP contribution in [0.25, 0.3) is 0 Å². The Hall–Kier alpha value is -3.67. The second-order valence-corrected chi connectivity index (χ2v) is 20.2. The van der Waals surface area contributed by atoms with Gasteiger partial charge in [0.1, 0.15) is 13.2 Å². The number of ether oxygens (including phenoxy) is 3. The zero-order valence-electron chi connectivity index (χ0n) is 47.9. The lowest BCUT2D eigenvalue weighted by Gasteiger charge is -2.18. The molecule has 0 N–H and O–H groups in total. The van der Waals surface area contributed by atoms with Crippen LogP contribution in [0.15, 0.2) is 97.2 Å². The van der Waals surface area contributed by atoms with Gasteiger partial charge in [-0.1, -0.05) is 266 Å². The highest BCUT2D eigenvalue weighted by atomic mass is 16.6. The van der Waals surface area contributed by atoms with Crippen LogP contribution in [0.3, 0.4) is 0 Å². The van der Waals surface area contributed by atoms with Crippen molar-refractivity contribution in [1.82, 2.24) is 0 Å². The van der Waals surface area contributed by atoms with Gasteiger partial charge in [0.2, 0.25) is 0 Å². The smallest absolute Gasteiger partial charge is 0.306 e. The van der Waals surface area contributed by atoms with Crippen molar-refractivity contribution >= 4 is 17.9 Å². The van der Waals surface area contributed by atoms with Gasteiger partial charge >= 0.3 is 17.9 Å². The van der Waals surface area contributed by atoms with Crippen LogP contribution in [0.4, 0.5) is 0 Å². The molecule has 0 radical (unpaired) electrons. The molecule has 73 heavy (non-hydrogen) atoms. The first-order valence-electron chi connectivity index (χ1n) is 30.7. The van der Waals surface area contributed by atoms with Gasteiger partial charge in [-0.2, -0.15) is 0 Å². The average Bonchev–Trinajstić information content (AvgIpc) is 3.39. The van der Waals surface area contributed by atoms with Crippen molar-refractivity contribution in [3.8, 4) is 0 Å². The Kier molecular flexibility index (Phi) is 57.8. The fourth-order valence-corrected chi connectivity index (χ4v) is 8.48. The van der Waals surface area contributed by atoms with E-state index in [2.05, 4.69) is 118 Å². The predicted octanol–water partition coefficient (Wildman–Crippen LogP) is 20.9. The Labute approximate surface area is 451 Å². The van der Waals surface area contributed by atoms with Crippen molar-refractivity contribution in [3.63, 3.8) is 0 Å². The van der Waals surface area contributed by atoms with Crippen LogP contribution < -0.4 is 0 Å². The number of carbonyl (C=O) groups is 3. The number of unbranched alkanes of at least 4 members (excludes halogenated alkanes) is 28. The molecule has 0 rings (SSSR count). The quantitative estimate of drug-likeness (QED) is 0.0261. The number of hydrogen-bond acceptors (Lipinski definition) is 6. The fourth-order valence-electron chi connectivity index (χ4n) is 8.48. The maximum absolute atomic E-state index is 12.8. The number of allylic oxidation sites excluding steroid dienone is 16. The second-order valence-electron chi connectivity index (χ2n) is 20.2. The van der Waals surface area contributed by atoms with Gasteiger partial charge in [0.25, 0.3) is 0 Å². The van der Waals surface area contributed by atoms with Crippen LogP contribution >= 0.6 is 0 Å². The minimum Gasteiger partial charge on any atom is -0.462 e. The molecule has 0 aromatic heterocycles. The molecule has 0 aromatic rings. The lowest BCUT2D eigenvalue weighted by molar-refractivity contribution is -0.167. The van der Waals surface area contributed by atoms with Crippen molar-refractivity contribution in [2.75, 3.05) is 13.2 Å². The van der Waals surface area contributed by atoms with Crippen LogP contribution in [0.1, 0.15) is 290 Å². The van der Waals surface area contributed by atoms with Crippen molar-refractivity contribution in [2.24, 2.45) is 0 Å². The van der Waals surface area contributed by atoms with Crippen molar-refractivity contribution in [3.05, 3.63) is 97.2 Å². The van der Waals surface area contributed by atoms with Crippen molar-refractivity contribution in [2.45, 2.75) is 297 Å². The minimum absolute atomic E-state index is 0.0787. The van der Waals surface area contributed by atoms with E-state index in [0.717, 1.165) is 103 Å². The molecule has 0 aromatic carbocycles. The normalized spacial score (nSPS) is 12.8. The fraction of sp³-hybridized carbons (Fsp3) is 0.716. The molecule has 0 aliphatic heterocycles. The molecule has 0 saturated heterocycles. The highest BCUT2D eigenvalue weighted by Crippen LogP contribution is 2.16.